The topological polar surface area (TPSA) is 81.3 Å². The molecule has 1 aromatic rings. The van der Waals surface area contributed by atoms with E-state index in [1.54, 1.807) is 0 Å². The summed E-state index contributed by atoms with van der Waals surface area (Å²) in [6.07, 6.45) is -1.52. The number of rotatable bonds is 2. The third-order valence-corrected chi connectivity index (χ3v) is 1.59. The van der Waals surface area contributed by atoms with Crippen LogP contribution in [0.1, 0.15) is 17.2 Å². The van der Waals surface area contributed by atoms with Crippen molar-refractivity contribution in [2.24, 2.45) is 0 Å². The van der Waals surface area contributed by atoms with E-state index in [2.05, 4.69) is 0 Å². The molecular formula is C9H7NO3. The van der Waals surface area contributed by atoms with Gasteiger partial charge in [-0.1, -0.05) is 12.1 Å². The molecule has 0 aliphatic rings. The van der Waals surface area contributed by atoms with Gasteiger partial charge in [0.1, 0.15) is 0 Å². The molecular weight excluding hydrogens is 170 g/mol. The number of carbonyl (C=O) groups is 1. The monoisotopic (exact) mass is 177 g/mol. The van der Waals surface area contributed by atoms with Crippen molar-refractivity contribution in [3.05, 3.63) is 35.4 Å². The molecule has 66 valence electrons. The van der Waals surface area contributed by atoms with E-state index in [1.165, 1.54) is 24.3 Å². The summed E-state index contributed by atoms with van der Waals surface area (Å²) in [5.74, 6) is -1.30. The van der Waals surface area contributed by atoms with Gasteiger partial charge in [-0.25, -0.2) is 4.79 Å². The molecule has 13 heavy (non-hydrogen) atoms. The summed E-state index contributed by atoms with van der Waals surface area (Å²) in [7, 11) is 0. The van der Waals surface area contributed by atoms with Gasteiger partial charge in [0.2, 0.25) is 0 Å². The van der Waals surface area contributed by atoms with Gasteiger partial charge in [0, 0.05) is 0 Å². The molecule has 0 aromatic heterocycles. The molecule has 0 aliphatic heterocycles. The van der Waals surface area contributed by atoms with Crippen LogP contribution < -0.4 is 0 Å². The van der Waals surface area contributed by atoms with Gasteiger partial charge in [0.05, 0.1) is 11.6 Å². The minimum Gasteiger partial charge on any atom is -0.479 e. The lowest BCUT2D eigenvalue weighted by Crippen LogP contribution is -2.10. The second-order valence-electron chi connectivity index (χ2n) is 2.47. The fourth-order valence-electron chi connectivity index (χ4n) is 0.883. The number of aliphatic hydroxyl groups excluding tert-OH is 1. The normalized spacial score (nSPS) is 11.7. The quantitative estimate of drug-likeness (QED) is 0.695. The highest BCUT2D eigenvalue weighted by atomic mass is 16.4. The minimum atomic E-state index is -1.52. The number of hydrogen-bond donors (Lipinski definition) is 2. The average Bonchev–Trinajstić information content (AvgIpc) is 2.17. The van der Waals surface area contributed by atoms with Crippen molar-refractivity contribution < 1.29 is 15.0 Å². The Morgan fingerprint density at radius 3 is 2.31 bits per heavy atom. The first-order chi connectivity index (χ1) is 6.15. The molecule has 0 unspecified atom stereocenters. The third kappa shape index (κ3) is 2.04. The van der Waals surface area contributed by atoms with E-state index >= 15 is 0 Å². The molecule has 0 bridgehead atoms. The van der Waals surface area contributed by atoms with Crippen LogP contribution in [-0.2, 0) is 4.79 Å². The van der Waals surface area contributed by atoms with E-state index in [0.717, 1.165) is 0 Å². The number of benzene rings is 1. The molecule has 0 heterocycles. The van der Waals surface area contributed by atoms with E-state index < -0.39 is 12.1 Å². The molecule has 2 N–H and O–H groups in total. The summed E-state index contributed by atoms with van der Waals surface area (Å²) < 4.78 is 0. The lowest BCUT2D eigenvalue weighted by Gasteiger charge is -2.04. The molecule has 1 atom stereocenters. The molecule has 0 fully saturated rings. The van der Waals surface area contributed by atoms with E-state index in [-0.39, 0.29) is 5.56 Å². The van der Waals surface area contributed by atoms with Crippen LogP contribution in [0.3, 0.4) is 0 Å². The smallest absolute Gasteiger partial charge is 0.337 e. The first kappa shape index (κ1) is 9.23. The summed E-state index contributed by atoms with van der Waals surface area (Å²) in [6, 6.07) is 7.64. The van der Waals surface area contributed by atoms with Gasteiger partial charge in [-0.2, -0.15) is 5.26 Å². The highest BCUT2D eigenvalue weighted by Crippen LogP contribution is 2.13. The Morgan fingerprint density at radius 1 is 1.38 bits per heavy atom. The Kier molecular flexibility index (Phi) is 2.62. The van der Waals surface area contributed by atoms with Gasteiger partial charge >= 0.3 is 5.97 Å². The average molecular weight is 177 g/mol. The SMILES string of the molecule is N#Cc1ccc([C@H](O)C(=O)O)cc1. The molecule has 1 rings (SSSR count). The molecule has 4 nitrogen and oxygen atoms in total. The predicted octanol–water partition coefficient (Wildman–Crippen LogP) is 0.676. The zero-order valence-electron chi connectivity index (χ0n) is 6.64. The second kappa shape index (κ2) is 3.70. The van der Waals surface area contributed by atoms with Gasteiger partial charge < -0.3 is 10.2 Å². The molecule has 0 saturated carbocycles. The van der Waals surface area contributed by atoms with Crippen LogP contribution in [0.4, 0.5) is 0 Å². The maximum Gasteiger partial charge on any atom is 0.337 e. The maximum absolute atomic E-state index is 10.3. The molecule has 4 heteroatoms. The molecule has 0 radical (unpaired) electrons. The highest BCUT2D eigenvalue weighted by molar-refractivity contribution is 5.74. The summed E-state index contributed by atoms with van der Waals surface area (Å²) in [4.78, 5) is 10.3. The summed E-state index contributed by atoms with van der Waals surface area (Å²) in [6.45, 7) is 0. The van der Waals surface area contributed by atoms with E-state index in [1.807, 2.05) is 6.07 Å². The number of nitriles is 1. The Hall–Kier alpha value is -1.86. The predicted molar refractivity (Wildman–Crippen MR) is 43.8 cm³/mol. The zero-order valence-corrected chi connectivity index (χ0v) is 6.64. The van der Waals surface area contributed by atoms with Crippen LogP contribution >= 0.6 is 0 Å². The van der Waals surface area contributed by atoms with Crippen molar-refractivity contribution >= 4 is 5.97 Å². The molecule has 0 spiro atoms. The van der Waals surface area contributed by atoms with E-state index in [4.69, 9.17) is 15.5 Å². The van der Waals surface area contributed by atoms with Gasteiger partial charge in [-0.05, 0) is 17.7 Å². The largest absolute Gasteiger partial charge is 0.479 e. The second-order valence-corrected chi connectivity index (χ2v) is 2.47. The molecule has 0 amide bonds. The summed E-state index contributed by atoms with van der Waals surface area (Å²) in [5.41, 5.74) is 0.702. The number of carboxylic acid groups (broad SMARTS) is 1. The van der Waals surface area contributed by atoms with Gasteiger partial charge in [0.25, 0.3) is 0 Å². The molecule has 0 saturated heterocycles. The Labute approximate surface area is 74.7 Å². The first-order valence-corrected chi connectivity index (χ1v) is 3.56. The summed E-state index contributed by atoms with van der Waals surface area (Å²) >= 11 is 0. The van der Waals surface area contributed by atoms with Crippen LogP contribution in [0.5, 0.6) is 0 Å². The molecule has 0 aliphatic carbocycles. The van der Waals surface area contributed by atoms with Crippen LogP contribution in [0.2, 0.25) is 0 Å². The van der Waals surface area contributed by atoms with Crippen LogP contribution in [-0.4, -0.2) is 16.2 Å². The zero-order chi connectivity index (χ0) is 9.84. The number of nitrogens with zero attached hydrogens (tertiary/aromatic N) is 1. The van der Waals surface area contributed by atoms with Gasteiger partial charge in [-0.3, -0.25) is 0 Å². The van der Waals surface area contributed by atoms with Crippen molar-refractivity contribution in [2.45, 2.75) is 6.10 Å². The Balaban J connectivity index is 2.93. The molecule has 1 aromatic carbocycles. The lowest BCUT2D eigenvalue weighted by molar-refractivity contribution is -0.146. The van der Waals surface area contributed by atoms with Crippen molar-refractivity contribution in [2.75, 3.05) is 0 Å². The van der Waals surface area contributed by atoms with Crippen LogP contribution in [0.15, 0.2) is 24.3 Å². The van der Waals surface area contributed by atoms with E-state index in [9.17, 15) is 4.79 Å². The fraction of sp³-hybridized carbons (Fsp3) is 0.111. The van der Waals surface area contributed by atoms with Gasteiger partial charge in [-0.15, -0.1) is 0 Å². The fourth-order valence-corrected chi connectivity index (χ4v) is 0.883. The Morgan fingerprint density at radius 2 is 1.92 bits per heavy atom. The lowest BCUT2D eigenvalue weighted by atomic mass is 10.1. The summed E-state index contributed by atoms with van der Waals surface area (Å²) in [5, 5.41) is 26.0. The maximum atomic E-state index is 10.3. The standard InChI is InChI=1S/C9H7NO3/c10-5-6-1-3-7(4-2-6)8(11)9(12)13/h1-4,8,11H,(H,12,13)/t8-/m0/s1. The van der Waals surface area contributed by atoms with Crippen molar-refractivity contribution in [3.8, 4) is 6.07 Å². The minimum absolute atomic E-state index is 0.270. The van der Waals surface area contributed by atoms with Crippen molar-refractivity contribution in [1.29, 1.82) is 5.26 Å². The van der Waals surface area contributed by atoms with Gasteiger partial charge in [0.15, 0.2) is 6.10 Å². The van der Waals surface area contributed by atoms with Crippen LogP contribution in [0, 0.1) is 11.3 Å². The van der Waals surface area contributed by atoms with E-state index in [0.29, 0.717) is 5.56 Å². The number of carboxylic acids is 1. The highest BCUT2D eigenvalue weighted by Gasteiger charge is 2.14. The van der Waals surface area contributed by atoms with Crippen LogP contribution in [0.25, 0.3) is 0 Å². The van der Waals surface area contributed by atoms with Crippen molar-refractivity contribution in [1.82, 2.24) is 0 Å². The number of aliphatic hydroxyl groups is 1. The first-order valence-electron chi connectivity index (χ1n) is 3.56. The Bertz CT molecular complexity index is 350. The third-order valence-electron chi connectivity index (χ3n) is 1.59. The number of hydrogen-bond acceptors (Lipinski definition) is 3. The van der Waals surface area contributed by atoms with Crippen molar-refractivity contribution in [3.63, 3.8) is 0 Å². The number of aliphatic carboxylic acids is 1.